The van der Waals surface area contributed by atoms with Gasteiger partial charge in [0.15, 0.2) is 0 Å². The molecular weight excluding hydrogens is 343 g/mol. The minimum absolute atomic E-state index is 0.209. The first-order valence-corrected chi connectivity index (χ1v) is 6.80. The molecule has 0 aliphatic carbocycles. The molecule has 2 rings (SSSR count). The summed E-state index contributed by atoms with van der Waals surface area (Å²) in [5.74, 6) is -0.319. The van der Waals surface area contributed by atoms with E-state index in [1.165, 1.54) is 0 Å². The van der Waals surface area contributed by atoms with Crippen molar-refractivity contribution in [2.24, 2.45) is 5.73 Å². The highest BCUT2D eigenvalue weighted by atomic mass is 79.9. The van der Waals surface area contributed by atoms with Gasteiger partial charge in [-0.3, -0.25) is 4.79 Å². The first-order chi connectivity index (χ1) is 8.44. The molecule has 0 spiro atoms. The number of amides is 1. The number of rotatable bonds is 2. The van der Waals surface area contributed by atoms with Crippen LogP contribution >= 0.6 is 39.1 Å². The molecule has 1 aliphatic rings. The van der Waals surface area contributed by atoms with Crippen molar-refractivity contribution in [2.75, 3.05) is 18.5 Å². The van der Waals surface area contributed by atoms with E-state index < -0.39 is 5.54 Å². The molecule has 1 aliphatic heterocycles. The van der Waals surface area contributed by atoms with Crippen molar-refractivity contribution < 1.29 is 9.53 Å². The highest BCUT2D eigenvalue weighted by Crippen LogP contribution is 2.36. The molecule has 1 aromatic rings. The van der Waals surface area contributed by atoms with Crippen molar-refractivity contribution >= 4 is 50.7 Å². The largest absolute Gasteiger partial charge is 0.379 e. The molecule has 3 N–H and O–H groups in total. The number of carbonyl (C=O) groups is 1. The van der Waals surface area contributed by atoms with Gasteiger partial charge in [-0.2, -0.15) is 0 Å². The third-order valence-electron chi connectivity index (χ3n) is 2.79. The fourth-order valence-electron chi connectivity index (χ4n) is 1.63. The molecule has 1 fully saturated rings. The van der Waals surface area contributed by atoms with E-state index in [2.05, 4.69) is 21.2 Å². The highest BCUT2D eigenvalue weighted by molar-refractivity contribution is 9.10. The maximum Gasteiger partial charge on any atom is 0.246 e. The fourth-order valence-corrected chi connectivity index (χ4v) is 2.45. The third kappa shape index (κ3) is 2.65. The lowest BCUT2D eigenvalue weighted by Crippen LogP contribution is -2.51. The van der Waals surface area contributed by atoms with Gasteiger partial charge in [0.05, 0.1) is 22.3 Å². The topological polar surface area (TPSA) is 64.4 Å². The Labute approximate surface area is 123 Å². The normalized spacial score (nSPS) is 23.1. The lowest BCUT2D eigenvalue weighted by atomic mass is 9.99. The summed E-state index contributed by atoms with van der Waals surface area (Å²) in [5, 5.41) is 3.31. The van der Waals surface area contributed by atoms with Crippen LogP contribution < -0.4 is 11.1 Å². The van der Waals surface area contributed by atoms with Gasteiger partial charge in [0.1, 0.15) is 5.54 Å². The SMILES string of the molecule is NC1(C(=O)Nc2ccc(Br)c(Cl)c2Cl)CCOC1. The van der Waals surface area contributed by atoms with E-state index >= 15 is 0 Å². The second kappa shape index (κ2) is 5.35. The average molecular weight is 354 g/mol. The van der Waals surface area contributed by atoms with Crippen LogP contribution in [-0.2, 0) is 9.53 Å². The minimum Gasteiger partial charge on any atom is -0.379 e. The van der Waals surface area contributed by atoms with Crippen LogP contribution in [0.15, 0.2) is 16.6 Å². The van der Waals surface area contributed by atoms with Crippen LogP contribution in [0.25, 0.3) is 0 Å². The summed E-state index contributed by atoms with van der Waals surface area (Å²) in [6.45, 7) is 0.694. The number of benzene rings is 1. The molecular formula is C11H11BrCl2N2O2. The molecule has 1 heterocycles. The van der Waals surface area contributed by atoms with Crippen molar-refractivity contribution in [1.82, 2.24) is 0 Å². The second-order valence-electron chi connectivity index (χ2n) is 4.14. The predicted octanol–water partition coefficient (Wildman–Crippen LogP) is 2.81. The van der Waals surface area contributed by atoms with Gasteiger partial charge < -0.3 is 15.8 Å². The lowest BCUT2D eigenvalue weighted by molar-refractivity contribution is -0.121. The van der Waals surface area contributed by atoms with Crippen LogP contribution in [0.1, 0.15) is 6.42 Å². The van der Waals surface area contributed by atoms with Gasteiger partial charge in [-0.1, -0.05) is 23.2 Å². The Bertz CT molecular complexity index is 490. The summed E-state index contributed by atoms with van der Waals surface area (Å²) in [6, 6.07) is 3.37. The second-order valence-corrected chi connectivity index (χ2v) is 5.75. The van der Waals surface area contributed by atoms with E-state index in [-0.39, 0.29) is 17.5 Å². The Hall–Kier alpha value is -0.330. The summed E-state index contributed by atoms with van der Waals surface area (Å²) in [4.78, 5) is 12.1. The van der Waals surface area contributed by atoms with Crippen LogP contribution in [0.2, 0.25) is 10.0 Å². The zero-order chi connectivity index (χ0) is 13.3. The monoisotopic (exact) mass is 352 g/mol. The molecule has 0 radical (unpaired) electrons. The van der Waals surface area contributed by atoms with E-state index in [9.17, 15) is 4.79 Å². The van der Waals surface area contributed by atoms with E-state index in [4.69, 9.17) is 33.7 Å². The smallest absolute Gasteiger partial charge is 0.246 e. The van der Waals surface area contributed by atoms with Crippen LogP contribution in [0.3, 0.4) is 0 Å². The Balaban J connectivity index is 2.19. The fraction of sp³-hybridized carbons (Fsp3) is 0.364. The summed E-state index contributed by atoms with van der Waals surface area (Å²) >= 11 is 15.3. The lowest BCUT2D eigenvalue weighted by Gasteiger charge is -2.21. The quantitative estimate of drug-likeness (QED) is 0.803. The Morgan fingerprint density at radius 3 is 2.78 bits per heavy atom. The van der Waals surface area contributed by atoms with Crippen molar-refractivity contribution in [3.05, 3.63) is 26.7 Å². The van der Waals surface area contributed by atoms with Gasteiger partial charge in [0.2, 0.25) is 5.91 Å². The van der Waals surface area contributed by atoms with Gasteiger partial charge in [0.25, 0.3) is 0 Å². The van der Waals surface area contributed by atoms with Gasteiger partial charge in [-0.15, -0.1) is 0 Å². The first-order valence-electron chi connectivity index (χ1n) is 5.25. The number of halogens is 3. The molecule has 1 amide bonds. The standard InChI is InChI=1S/C11H11BrCl2N2O2/c12-6-1-2-7(9(14)8(6)13)16-10(17)11(15)3-4-18-5-11/h1-2H,3-5,15H2,(H,16,17). The van der Waals surface area contributed by atoms with Crippen molar-refractivity contribution in [3.8, 4) is 0 Å². The van der Waals surface area contributed by atoms with Crippen LogP contribution in [0.4, 0.5) is 5.69 Å². The van der Waals surface area contributed by atoms with E-state index in [0.29, 0.717) is 28.2 Å². The predicted molar refractivity (Wildman–Crippen MR) is 75.1 cm³/mol. The molecule has 7 heteroatoms. The van der Waals surface area contributed by atoms with E-state index in [1.54, 1.807) is 12.1 Å². The number of ether oxygens (including phenoxy) is 1. The third-order valence-corrected chi connectivity index (χ3v) is 4.56. The van der Waals surface area contributed by atoms with Crippen molar-refractivity contribution in [3.63, 3.8) is 0 Å². The van der Waals surface area contributed by atoms with Crippen molar-refractivity contribution in [2.45, 2.75) is 12.0 Å². The zero-order valence-electron chi connectivity index (χ0n) is 9.30. The van der Waals surface area contributed by atoms with E-state index in [1.807, 2.05) is 0 Å². The maximum absolute atomic E-state index is 12.1. The summed E-state index contributed by atoms with van der Waals surface area (Å²) in [6.07, 6.45) is 0.487. The van der Waals surface area contributed by atoms with Crippen LogP contribution in [-0.4, -0.2) is 24.7 Å². The number of hydrogen-bond donors (Lipinski definition) is 2. The Kier molecular flexibility index (Phi) is 4.18. The molecule has 1 unspecified atom stereocenters. The van der Waals surface area contributed by atoms with Crippen LogP contribution in [0.5, 0.6) is 0 Å². The number of carbonyl (C=O) groups excluding carboxylic acids is 1. The van der Waals surface area contributed by atoms with Gasteiger partial charge in [0, 0.05) is 11.1 Å². The molecule has 0 aromatic heterocycles. The molecule has 0 bridgehead atoms. The molecule has 0 saturated carbocycles. The highest BCUT2D eigenvalue weighted by Gasteiger charge is 2.38. The maximum atomic E-state index is 12.1. The van der Waals surface area contributed by atoms with E-state index in [0.717, 1.165) is 0 Å². The Morgan fingerprint density at radius 2 is 2.17 bits per heavy atom. The molecule has 18 heavy (non-hydrogen) atoms. The Morgan fingerprint density at radius 1 is 1.44 bits per heavy atom. The summed E-state index contributed by atoms with van der Waals surface area (Å²) < 4.78 is 5.81. The van der Waals surface area contributed by atoms with Gasteiger partial charge in [-0.05, 0) is 34.5 Å². The summed E-state index contributed by atoms with van der Waals surface area (Å²) in [7, 11) is 0. The van der Waals surface area contributed by atoms with Gasteiger partial charge in [-0.25, -0.2) is 0 Å². The van der Waals surface area contributed by atoms with Crippen molar-refractivity contribution in [1.29, 1.82) is 0 Å². The molecule has 4 nitrogen and oxygen atoms in total. The molecule has 98 valence electrons. The molecule has 1 atom stereocenters. The van der Waals surface area contributed by atoms with Gasteiger partial charge >= 0.3 is 0 Å². The zero-order valence-corrected chi connectivity index (χ0v) is 12.4. The average Bonchev–Trinajstić information content (AvgIpc) is 2.78. The number of nitrogens with one attached hydrogen (secondary N) is 1. The molecule has 1 saturated heterocycles. The minimum atomic E-state index is -0.997. The van der Waals surface area contributed by atoms with Crippen LogP contribution in [0, 0.1) is 0 Å². The number of hydrogen-bond acceptors (Lipinski definition) is 3. The molecule has 1 aromatic carbocycles. The number of anilines is 1. The summed E-state index contributed by atoms with van der Waals surface area (Å²) in [5.41, 5.74) is 5.39. The number of nitrogens with two attached hydrogens (primary N) is 1. The first kappa shape index (κ1) is 14.1.